The van der Waals surface area contributed by atoms with Crippen LogP contribution >= 0.6 is 39.7 Å². The maximum atomic E-state index is 5.83. The second kappa shape index (κ2) is 6.37. The molecule has 0 unspecified atom stereocenters. The van der Waals surface area contributed by atoms with Crippen LogP contribution in [-0.4, -0.2) is 4.99 Å². The van der Waals surface area contributed by atoms with Crippen molar-refractivity contribution in [1.29, 1.82) is 0 Å². The Labute approximate surface area is 130 Å². The fraction of sp³-hybridized carbons (Fsp3) is 0.0714. The number of thiocarbonyl (C=S) groups is 1. The van der Waals surface area contributed by atoms with Gasteiger partial charge in [0.25, 0.3) is 0 Å². The van der Waals surface area contributed by atoms with Crippen molar-refractivity contribution in [1.82, 2.24) is 0 Å². The van der Waals surface area contributed by atoms with Crippen LogP contribution in [0.4, 0.5) is 0 Å². The number of benzene rings is 2. The smallest absolute Gasteiger partial charge is 0.130 e. The number of ether oxygens (including phenoxy) is 1. The molecule has 2 aromatic rings. The summed E-state index contributed by atoms with van der Waals surface area (Å²) < 4.78 is 6.66. The lowest BCUT2D eigenvalue weighted by molar-refractivity contribution is 0.305. The lowest BCUT2D eigenvalue weighted by Crippen LogP contribution is -2.11. The third-order valence-corrected chi connectivity index (χ3v) is 3.48. The molecule has 0 spiro atoms. The molecule has 0 heterocycles. The monoisotopic (exact) mass is 355 g/mol. The predicted octanol–water partition coefficient (Wildman–Crippen LogP) is 4.32. The Morgan fingerprint density at radius 2 is 1.89 bits per heavy atom. The van der Waals surface area contributed by atoms with Gasteiger partial charge >= 0.3 is 0 Å². The highest BCUT2D eigenvalue weighted by Crippen LogP contribution is 2.24. The summed E-state index contributed by atoms with van der Waals surface area (Å²) in [7, 11) is 0. The fourth-order valence-electron chi connectivity index (χ4n) is 1.56. The van der Waals surface area contributed by atoms with Gasteiger partial charge in [-0.1, -0.05) is 51.9 Å². The van der Waals surface area contributed by atoms with Crippen molar-refractivity contribution in [3.63, 3.8) is 0 Å². The van der Waals surface area contributed by atoms with E-state index in [0.29, 0.717) is 22.4 Å². The molecule has 2 rings (SSSR count). The van der Waals surface area contributed by atoms with Gasteiger partial charge < -0.3 is 10.5 Å². The second-order valence-corrected chi connectivity index (χ2v) is 5.71. The average Bonchev–Trinajstić information content (AvgIpc) is 2.39. The highest BCUT2D eigenvalue weighted by molar-refractivity contribution is 9.10. The van der Waals surface area contributed by atoms with Gasteiger partial charge in [-0.2, -0.15) is 0 Å². The number of hydrogen-bond acceptors (Lipinski definition) is 2. The largest absolute Gasteiger partial charge is 0.488 e. The first kappa shape index (κ1) is 14.3. The summed E-state index contributed by atoms with van der Waals surface area (Å²) in [4.78, 5) is 0.312. The Balaban J connectivity index is 2.15. The van der Waals surface area contributed by atoms with Gasteiger partial charge in [-0.05, 0) is 35.9 Å². The van der Waals surface area contributed by atoms with E-state index in [4.69, 9.17) is 34.3 Å². The number of rotatable bonds is 4. The summed E-state index contributed by atoms with van der Waals surface area (Å²) in [5.74, 6) is 0.672. The summed E-state index contributed by atoms with van der Waals surface area (Å²) in [6.07, 6.45) is 0. The molecule has 0 amide bonds. The van der Waals surface area contributed by atoms with E-state index < -0.39 is 0 Å². The zero-order chi connectivity index (χ0) is 13.8. The molecule has 5 heteroatoms. The molecule has 19 heavy (non-hydrogen) atoms. The molecule has 0 saturated heterocycles. The molecule has 0 bridgehead atoms. The number of halogens is 2. The van der Waals surface area contributed by atoms with Gasteiger partial charge in [0, 0.05) is 9.50 Å². The van der Waals surface area contributed by atoms with Crippen LogP contribution in [0.2, 0.25) is 5.02 Å². The molecule has 2 nitrogen and oxygen atoms in total. The second-order valence-electron chi connectivity index (χ2n) is 3.92. The van der Waals surface area contributed by atoms with Crippen LogP contribution in [0.3, 0.4) is 0 Å². The molecule has 2 aromatic carbocycles. The van der Waals surface area contributed by atoms with E-state index in [1.54, 1.807) is 0 Å². The minimum absolute atomic E-state index is 0.312. The summed E-state index contributed by atoms with van der Waals surface area (Å²) in [6.45, 7) is 0.439. The van der Waals surface area contributed by atoms with E-state index in [1.807, 2.05) is 42.5 Å². The van der Waals surface area contributed by atoms with E-state index in [-0.39, 0.29) is 0 Å². The van der Waals surface area contributed by atoms with E-state index in [1.165, 1.54) is 0 Å². The van der Waals surface area contributed by atoms with E-state index in [0.717, 1.165) is 15.6 Å². The highest BCUT2D eigenvalue weighted by atomic mass is 79.9. The molecule has 0 fully saturated rings. The first-order valence-electron chi connectivity index (χ1n) is 5.53. The van der Waals surface area contributed by atoms with Gasteiger partial charge in [0.15, 0.2) is 0 Å². The quantitative estimate of drug-likeness (QED) is 0.829. The molecule has 2 N–H and O–H groups in total. The van der Waals surface area contributed by atoms with Crippen molar-refractivity contribution in [2.24, 2.45) is 5.73 Å². The van der Waals surface area contributed by atoms with Crippen LogP contribution in [-0.2, 0) is 6.61 Å². The van der Waals surface area contributed by atoms with Crippen molar-refractivity contribution in [3.05, 3.63) is 63.1 Å². The molecule has 0 aromatic heterocycles. The molecule has 0 atom stereocenters. The Kier molecular flexibility index (Phi) is 4.80. The summed E-state index contributed by atoms with van der Waals surface area (Å²) in [5, 5.41) is 0.705. The summed E-state index contributed by atoms with van der Waals surface area (Å²) in [5.41, 5.74) is 7.44. The van der Waals surface area contributed by atoms with Gasteiger partial charge in [-0.3, -0.25) is 0 Å². The van der Waals surface area contributed by atoms with Crippen LogP contribution in [0, 0.1) is 0 Å². The van der Waals surface area contributed by atoms with E-state index in [9.17, 15) is 0 Å². The number of nitrogens with two attached hydrogens (primary N) is 1. The van der Waals surface area contributed by atoms with Crippen molar-refractivity contribution in [3.8, 4) is 5.75 Å². The van der Waals surface area contributed by atoms with Crippen LogP contribution in [0.5, 0.6) is 5.75 Å². The van der Waals surface area contributed by atoms with Crippen LogP contribution in [0.1, 0.15) is 11.1 Å². The average molecular weight is 357 g/mol. The maximum Gasteiger partial charge on any atom is 0.130 e. The zero-order valence-electron chi connectivity index (χ0n) is 9.90. The molecule has 0 aliphatic carbocycles. The van der Waals surface area contributed by atoms with Crippen molar-refractivity contribution >= 4 is 44.7 Å². The Morgan fingerprint density at radius 1 is 1.21 bits per heavy atom. The van der Waals surface area contributed by atoms with Gasteiger partial charge in [0.05, 0.1) is 5.56 Å². The van der Waals surface area contributed by atoms with Crippen molar-refractivity contribution in [2.45, 2.75) is 6.61 Å². The standard InChI is InChI=1S/C14H11BrClNOS/c15-10-3-6-13(12(7-10)14(17)19)18-8-9-1-4-11(16)5-2-9/h1-7H,8H2,(H2,17,19). The minimum atomic E-state index is 0.312. The van der Waals surface area contributed by atoms with Gasteiger partial charge in [-0.15, -0.1) is 0 Å². The normalized spacial score (nSPS) is 10.2. The van der Waals surface area contributed by atoms with E-state index >= 15 is 0 Å². The Morgan fingerprint density at radius 3 is 2.53 bits per heavy atom. The fourth-order valence-corrected chi connectivity index (χ4v) is 2.21. The minimum Gasteiger partial charge on any atom is -0.488 e. The lowest BCUT2D eigenvalue weighted by Gasteiger charge is -2.11. The Hall–Kier alpha value is -1.10. The molecular weight excluding hydrogens is 346 g/mol. The van der Waals surface area contributed by atoms with Crippen molar-refractivity contribution < 1.29 is 4.74 Å². The van der Waals surface area contributed by atoms with Crippen molar-refractivity contribution in [2.75, 3.05) is 0 Å². The number of hydrogen-bond donors (Lipinski definition) is 1. The topological polar surface area (TPSA) is 35.2 Å². The zero-order valence-corrected chi connectivity index (χ0v) is 13.1. The molecule has 0 radical (unpaired) electrons. The molecule has 0 saturated carbocycles. The van der Waals surface area contributed by atoms with E-state index in [2.05, 4.69) is 15.9 Å². The van der Waals surface area contributed by atoms with Crippen LogP contribution in [0.25, 0.3) is 0 Å². The first-order valence-corrected chi connectivity index (χ1v) is 7.11. The molecule has 98 valence electrons. The lowest BCUT2D eigenvalue weighted by atomic mass is 10.2. The van der Waals surface area contributed by atoms with Gasteiger partial charge in [0.2, 0.25) is 0 Å². The summed E-state index contributed by atoms with van der Waals surface area (Å²) >= 11 is 14.2. The predicted molar refractivity (Wildman–Crippen MR) is 85.8 cm³/mol. The molecular formula is C14H11BrClNOS. The van der Waals surface area contributed by atoms with Gasteiger partial charge in [0.1, 0.15) is 17.3 Å². The SMILES string of the molecule is NC(=S)c1cc(Br)ccc1OCc1ccc(Cl)cc1. The highest BCUT2D eigenvalue weighted by Gasteiger charge is 2.07. The first-order chi connectivity index (χ1) is 9.06. The van der Waals surface area contributed by atoms with Gasteiger partial charge in [-0.25, -0.2) is 0 Å². The third kappa shape index (κ3) is 3.93. The van der Waals surface area contributed by atoms with Crippen LogP contribution < -0.4 is 10.5 Å². The molecule has 0 aliphatic heterocycles. The molecule has 0 aliphatic rings. The summed E-state index contributed by atoms with van der Waals surface area (Å²) in [6, 6.07) is 13.1. The third-order valence-electron chi connectivity index (χ3n) is 2.51. The van der Waals surface area contributed by atoms with Crippen LogP contribution in [0.15, 0.2) is 46.9 Å². The Bertz CT molecular complexity index is 601. The maximum absolute atomic E-state index is 5.83.